The fraction of sp³-hybridized carbons (Fsp3) is 0.667. The average Bonchev–Trinajstić information content (AvgIpc) is 2.70. The van der Waals surface area contributed by atoms with Crippen molar-refractivity contribution in [3.05, 3.63) is 7.57 Å². The molecule has 1 rings (SSSR count). The Morgan fingerprint density at radius 3 is 1.43 bits per heavy atom. The van der Waals surface area contributed by atoms with E-state index in [2.05, 4.69) is 31.9 Å². The van der Waals surface area contributed by atoms with E-state index in [-0.39, 0.29) is 21.3 Å². The molecule has 0 bridgehead atoms. The monoisotopic (exact) mass is 480 g/mol. The molecular formula is C12H18Br2O4S3. The minimum absolute atomic E-state index is 0.0401. The molecule has 1 heterocycles. The summed E-state index contributed by atoms with van der Waals surface area (Å²) < 4.78 is 50.5. The van der Waals surface area contributed by atoms with Crippen molar-refractivity contribution in [2.75, 3.05) is 11.5 Å². The van der Waals surface area contributed by atoms with Crippen LogP contribution in [0.25, 0.3) is 0 Å². The Balaban J connectivity index is 3.42. The Bertz CT molecular complexity index is 632. The summed E-state index contributed by atoms with van der Waals surface area (Å²) in [6.07, 6.45) is 2.49. The largest absolute Gasteiger partial charge is 0.224 e. The Labute approximate surface area is 147 Å². The third-order valence-electron chi connectivity index (χ3n) is 2.90. The molecule has 1 aromatic heterocycles. The van der Waals surface area contributed by atoms with Gasteiger partial charge in [0.15, 0.2) is 19.7 Å². The van der Waals surface area contributed by atoms with E-state index >= 15 is 0 Å². The number of thiophene rings is 1. The van der Waals surface area contributed by atoms with Crippen LogP contribution in [0.4, 0.5) is 0 Å². The molecule has 9 heteroatoms. The van der Waals surface area contributed by atoms with Gasteiger partial charge < -0.3 is 0 Å². The van der Waals surface area contributed by atoms with Gasteiger partial charge in [-0.3, -0.25) is 0 Å². The highest BCUT2D eigenvalue weighted by atomic mass is 79.9. The van der Waals surface area contributed by atoms with Crippen molar-refractivity contribution < 1.29 is 16.8 Å². The zero-order valence-corrected chi connectivity index (χ0v) is 17.5. The molecule has 0 saturated heterocycles. The second-order valence-electron chi connectivity index (χ2n) is 4.65. The van der Waals surface area contributed by atoms with Gasteiger partial charge in [0.05, 0.1) is 19.1 Å². The van der Waals surface area contributed by atoms with Gasteiger partial charge in [0.25, 0.3) is 0 Å². The van der Waals surface area contributed by atoms with Crippen LogP contribution in [0.1, 0.15) is 39.5 Å². The van der Waals surface area contributed by atoms with Gasteiger partial charge in [0.2, 0.25) is 0 Å². The van der Waals surface area contributed by atoms with Crippen molar-refractivity contribution >= 4 is 62.9 Å². The first-order valence-corrected chi connectivity index (χ1v) is 12.3. The molecule has 0 fully saturated rings. The summed E-state index contributed by atoms with van der Waals surface area (Å²) in [4.78, 5) is -0.159. The average molecular weight is 482 g/mol. The lowest BCUT2D eigenvalue weighted by molar-refractivity contribution is 0.579. The summed E-state index contributed by atoms with van der Waals surface area (Å²) in [5.41, 5.74) is 0. The number of halogens is 2. The molecule has 0 radical (unpaired) electrons. The molecule has 1 aromatic rings. The maximum absolute atomic E-state index is 12.5. The summed E-state index contributed by atoms with van der Waals surface area (Å²) in [6, 6.07) is 0. The number of rotatable bonds is 8. The molecule has 0 aliphatic rings. The second-order valence-corrected chi connectivity index (χ2v) is 12.4. The van der Waals surface area contributed by atoms with E-state index in [4.69, 9.17) is 0 Å². The van der Waals surface area contributed by atoms with Crippen LogP contribution in [-0.2, 0) is 19.7 Å². The first-order chi connectivity index (χ1) is 9.67. The maximum Gasteiger partial charge on any atom is 0.181 e. The molecule has 0 N–H and O–H groups in total. The summed E-state index contributed by atoms with van der Waals surface area (Å²) in [5.74, 6) is -0.0802. The standard InChI is InChI=1S/C12H18Br2O4S3/c1-3-5-7-20(15,16)9-10(12(14)19-11(9)13)21(17,18)8-6-4-2/h3-8H2,1-2H3. The van der Waals surface area contributed by atoms with Crippen LogP contribution in [0.3, 0.4) is 0 Å². The van der Waals surface area contributed by atoms with E-state index in [0.29, 0.717) is 20.4 Å². The van der Waals surface area contributed by atoms with E-state index in [1.54, 1.807) is 0 Å². The molecule has 21 heavy (non-hydrogen) atoms. The Kier molecular flexibility index (Phi) is 7.37. The van der Waals surface area contributed by atoms with E-state index in [1.165, 1.54) is 0 Å². The summed E-state index contributed by atoms with van der Waals surface area (Å²) in [6.45, 7) is 3.79. The minimum Gasteiger partial charge on any atom is -0.224 e. The predicted molar refractivity (Wildman–Crippen MR) is 93.6 cm³/mol. The number of unbranched alkanes of at least 4 members (excludes halogenated alkanes) is 2. The van der Waals surface area contributed by atoms with Gasteiger partial charge in [0, 0.05) is 0 Å². The third-order valence-corrected chi connectivity index (χ3v) is 10.1. The Morgan fingerprint density at radius 2 is 1.14 bits per heavy atom. The molecule has 4 nitrogen and oxygen atoms in total. The van der Waals surface area contributed by atoms with Crippen LogP contribution in [-0.4, -0.2) is 28.3 Å². The topological polar surface area (TPSA) is 68.3 Å². The first kappa shape index (κ1) is 19.6. The molecule has 0 aliphatic carbocycles. The van der Waals surface area contributed by atoms with Crippen molar-refractivity contribution in [3.8, 4) is 0 Å². The van der Waals surface area contributed by atoms with Crippen molar-refractivity contribution in [2.45, 2.75) is 49.3 Å². The zero-order valence-electron chi connectivity index (χ0n) is 11.9. The molecule has 0 aliphatic heterocycles. The van der Waals surface area contributed by atoms with Crippen molar-refractivity contribution in [3.63, 3.8) is 0 Å². The summed E-state index contributed by atoms with van der Waals surface area (Å²) >= 11 is 7.49. The Morgan fingerprint density at radius 1 is 0.810 bits per heavy atom. The van der Waals surface area contributed by atoms with Crippen LogP contribution >= 0.6 is 43.2 Å². The van der Waals surface area contributed by atoms with Crippen molar-refractivity contribution in [1.82, 2.24) is 0 Å². The van der Waals surface area contributed by atoms with Gasteiger partial charge in [-0.05, 0) is 44.7 Å². The maximum atomic E-state index is 12.5. The SMILES string of the molecule is CCCCS(=O)(=O)c1c(Br)sc(Br)c1S(=O)(=O)CCCC. The van der Waals surface area contributed by atoms with E-state index in [0.717, 1.165) is 24.2 Å². The van der Waals surface area contributed by atoms with Gasteiger partial charge in [-0.2, -0.15) is 0 Å². The summed E-state index contributed by atoms with van der Waals surface area (Å²) in [7, 11) is -7.23. The minimum atomic E-state index is -3.62. The van der Waals surface area contributed by atoms with Gasteiger partial charge >= 0.3 is 0 Å². The van der Waals surface area contributed by atoms with E-state index in [1.807, 2.05) is 13.8 Å². The number of hydrogen-bond acceptors (Lipinski definition) is 5. The van der Waals surface area contributed by atoms with E-state index < -0.39 is 19.7 Å². The molecule has 0 amide bonds. The molecule has 122 valence electrons. The first-order valence-electron chi connectivity index (χ1n) is 6.60. The fourth-order valence-corrected chi connectivity index (χ4v) is 11.0. The van der Waals surface area contributed by atoms with E-state index in [9.17, 15) is 16.8 Å². The normalized spacial score (nSPS) is 12.8. The third kappa shape index (κ3) is 4.76. The lowest BCUT2D eigenvalue weighted by Crippen LogP contribution is -2.14. The molecular weight excluding hydrogens is 464 g/mol. The smallest absolute Gasteiger partial charge is 0.181 e. The lowest BCUT2D eigenvalue weighted by atomic mass is 10.4. The van der Waals surface area contributed by atoms with Gasteiger partial charge in [0.1, 0.15) is 9.79 Å². The molecule has 0 unspecified atom stereocenters. The van der Waals surface area contributed by atoms with Gasteiger partial charge in [-0.1, -0.05) is 26.7 Å². The zero-order chi connectivity index (χ0) is 16.3. The van der Waals surface area contributed by atoms with Crippen LogP contribution in [0.5, 0.6) is 0 Å². The molecule has 0 spiro atoms. The lowest BCUT2D eigenvalue weighted by Gasteiger charge is -2.08. The Hall–Kier alpha value is 0.560. The fourth-order valence-electron chi connectivity index (χ4n) is 1.75. The van der Waals surface area contributed by atoms with Gasteiger partial charge in [-0.15, -0.1) is 11.3 Å². The second kappa shape index (κ2) is 7.90. The quantitative estimate of drug-likeness (QED) is 0.551. The van der Waals surface area contributed by atoms with Crippen LogP contribution in [0.2, 0.25) is 0 Å². The van der Waals surface area contributed by atoms with Crippen LogP contribution in [0, 0.1) is 0 Å². The molecule has 0 aromatic carbocycles. The molecule has 0 saturated carbocycles. The van der Waals surface area contributed by atoms with Crippen LogP contribution < -0.4 is 0 Å². The molecule has 0 atom stereocenters. The highest BCUT2D eigenvalue weighted by Gasteiger charge is 2.33. The highest BCUT2D eigenvalue weighted by molar-refractivity contribution is 9.12. The van der Waals surface area contributed by atoms with Crippen molar-refractivity contribution in [2.24, 2.45) is 0 Å². The predicted octanol–water partition coefficient (Wildman–Crippen LogP) is 4.42. The van der Waals surface area contributed by atoms with Gasteiger partial charge in [-0.25, -0.2) is 16.8 Å². The number of sulfone groups is 2. The van der Waals surface area contributed by atoms with Crippen LogP contribution in [0.15, 0.2) is 17.4 Å². The highest BCUT2D eigenvalue weighted by Crippen LogP contribution is 2.43. The van der Waals surface area contributed by atoms with Crippen molar-refractivity contribution in [1.29, 1.82) is 0 Å². The summed E-state index contributed by atoms with van der Waals surface area (Å²) in [5, 5.41) is 0. The number of hydrogen-bond donors (Lipinski definition) is 0.